The maximum Gasteiger partial charge on any atom is 0.416 e. The van der Waals surface area contributed by atoms with Crippen molar-refractivity contribution in [3.05, 3.63) is 103 Å². The molecule has 0 unspecified atom stereocenters. The van der Waals surface area contributed by atoms with Crippen molar-refractivity contribution >= 4 is 28.9 Å². The smallest absolute Gasteiger partial charge is 0.416 e. The molecule has 0 spiro atoms. The van der Waals surface area contributed by atoms with Gasteiger partial charge in [-0.3, -0.25) is 4.98 Å². The summed E-state index contributed by atoms with van der Waals surface area (Å²) in [5.74, 6) is 1.42. The van der Waals surface area contributed by atoms with Crippen molar-refractivity contribution in [2.45, 2.75) is 12.6 Å². The summed E-state index contributed by atoms with van der Waals surface area (Å²) in [5.41, 5.74) is 2.72. The summed E-state index contributed by atoms with van der Waals surface area (Å²) in [6.45, 7) is 2.00. The first-order valence-electron chi connectivity index (χ1n) is 14.2. The van der Waals surface area contributed by atoms with Crippen LogP contribution in [0.25, 0.3) is 27.9 Å². The molecule has 0 atom stereocenters. The Balaban J connectivity index is 1.01. The lowest BCUT2D eigenvalue weighted by Crippen LogP contribution is -2.37. The summed E-state index contributed by atoms with van der Waals surface area (Å²) < 4.78 is 47.7. The summed E-state index contributed by atoms with van der Waals surface area (Å²) in [4.78, 5) is 32.1. The Morgan fingerprint density at radius 3 is 2.37 bits per heavy atom. The van der Waals surface area contributed by atoms with Crippen LogP contribution >= 0.6 is 0 Å². The third-order valence-electron chi connectivity index (χ3n) is 7.36. The van der Waals surface area contributed by atoms with Crippen molar-refractivity contribution in [2.24, 2.45) is 0 Å². The zero-order valence-electron chi connectivity index (χ0n) is 23.9. The van der Waals surface area contributed by atoms with Gasteiger partial charge in [-0.25, -0.2) is 24.3 Å². The van der Waals surface area contributed by atoms with Crippen LogP contribution in [0.4, 0.5) is 35.2 Å². The molecule has 0 bridgehead atoms. The van der Waals surface area contributed by atoms with Gasteiger partial charge in [-0.1, -0.05) is 24.3 Å². The molecule has 14 heteroatoms. The van der Waals surface area contributed by atoms with E-state index in [-0.39, 0.29) is 17.4 Å². The zero-order chi connectivity index (χ0) is 31.7. The van der Waals surface area contributed by atoms with Crippen LogP contribution in [0.15, 0.2) is 97.8 Å². The fourth-order valence-corrected chi connectivity index (χ4v) is 4.91. The number of halogens is 3. The second-order valence-electron chi connectivity index (χ2n) is 10.4. The van der Waals surface area contributed by atoms with Crippen molar-refractivity contribution in [3.63, 3.8) is 0 Å². The van der Waals surface area contributed by atoms with Crippen LogP contribution < -0.4 is 20.3 Å². The average molecular weight is 624 g/mol. The number of urea groups is 1. The average Bonchev–Trinajstić information content (AvgIpc) is 3.45. The molecule has 6 aromatic rings. The van der Waals surface area contributed by atoms with Crippen LogP contribution in [0.5, 0.6) is 11.8 Å². The van der Waals surface area contributed by atoms with Gasteiger partial charge in [0.2, 0.25) is 0 Å². The number of carbonyl (C=O) groups excluding carboxylic acids is 1. The Labute approximate surface area is 259 Å². The molecule has 1 saturated heterocycles. The molecule has 46 heavy (non-hydrogen) atoms. The summed E-state index contributed by atoms with van der Waals surface area (Å²) in [5, 5.41) is 9.43. The number of pyridine rings is 1. The van der Waals surface area contributed by atoms with Crippen molar-refractivity contribution in [1.82, 2.24) is 29.5 Å². The van der Waals surface area contributed by atoms with Crippen molar-refractivity contribution in [2.75, 3.05) is 28.6 Å². The summed E-state index contributed by atoms with van der Waals surface area (Å²) in [6.07, 6.45) is 5.93. The number of aromatic nitrogens is 6. The topological polar surface area (TPSA) is 122 Å². The van der Waals surface area contributed by atoms with Gasteiger partial charge in [0, 0.05) is 48.4 Å². The lowest BCUT2D eigenvalue weighted by Gasteiger charge is -2.31. The minimum atomic E-state index is -4.59. The van der Waals surface area contributed by atoms with Gasteiger partial charge in [-0.05, 0) is 48.4 Å². The number of anilines is 3. The number of benzene rings is 2. The highest BCUT2D eigenvalue weighted by atomic mass is 19.4. The maximum absolute atomic E-state index is 13.4. The molecule has 0 aliphatic carbocycles. The Bertz CT molecular complexity index is 2010. The molecule has 11 nitrogen and oxygen atoms in total. The Kier molecular flexibility index (Phi) is 7.36. The van der Waals surface area contributed by atoms with Gasteiger partial charge in [0.25, 0.3) is 0 Å². The Morgan fingerprint density at radius 1 is 0.870 bits per heavy atom. The number of carbonyl (C=O) groups is 1. The van der Waals surface area contributed by atoms with E-state index in [9.17, 15) is 18.0 Å². The van der Waals surface area contributed by atoms with E-state index in [0.29, 0.717) is 16.9 Å². The van der Waals surface area contributed by atoms with E-state index in [1.165, 1.54) is 24.7 Å². The number of amides is 2. The second kappa shape index (κ2) is 11.8. The molecule has 7 rings (SSSR count). The molecular formula is C32H24F3N9O2. The minimum Gasteiger partial charge on any atom is -0.424 e. The highest BCUT2D eigenvalue weighted by molar-refractivity contribution is 6.02. The van der Waals surface area contributed by atoms with Crippen LogP contribution in [-0.4, -0.2) is 48.7 Å². The first-order chi connectivity index (χ1) is 22.3. The Hall–Kier alpha value is -6.05. The van der Waals surface area contributed by atoms with E-state index in [0.717, 1.165) is 54.2 Å². The number of ether oxygens (including phenoxy) is 1. The van der Waals surface area contributed by atoms with Crippen LogP contribution in [0.2, 0.25) is 0 Å². The molecule has 0 saturated carbocycles. The van der Waals surface area contributed by atoms with E-state index < -0.39 is 17.8 Å². The summed E-state index contributed by atoms with van der Waals surface area (Å²) in [6, 6.07) is 15.0. The SMILES string of the molecule is O=C(Nc1cnc(Oc2ccc(-c3cnn4ccc(N5CCC5)nc34)cc2)nc1)Nc1cc(C(F)(F)F)ccc1-c1cccnc1. The number of rotatable bonds is 7. The third-order valence-corrected chi connectivity index (χ3v) is 7.36. The van der Waals surface area contributed by atoms with Crippen molar-refractivity contribution < 1.29 is 22.7 Å². The predicted octanol–water partition coefficient (Wildman–Crippen LogP) is 6.91. The highest BCUT2D eigenvalue weighted by Gasteiger charge is 2.31. The van der Waals surface area contributed by atoms with E-state index in [4.69, 9.17) is 9.72 Å². The van der Waals surface area contributed by atoms with E-state index in [2.05, 4.69) is 35.6 Å². The summed E-state index contributed by atoms with van der Waals surface area (Å²) in [7, 11) is 0. The number of fused-ring (bicyclic) bond motifs is 1. The van der Waals surface area contributed by atoms with Gasteiger partial charge in [0.15, 0.2) is 5.65 Å². The molecule has 0 radical (unpaired) electrons. The molecule has 5 heterocycles. The first-order valence-corrected chi connectivity index (χ1v) is 14.2. The van der Waals surface area contributed by atoms with Crippen LogP contribution in [0.3, 0.4) is 0 Å². The maximum atomic E-state index is 13.4. The number of nitrogens with one attached hydrogen (secondary N) is 2. The monoisotopic (exact) mass is 623 g/mol. The van der Waals surface area contributed by atoms with Crippen LogP contribution in [0, 0.1) is 0 Å². The molecule has 2 N–H and O–H groups in total. The minimum absolute atomic E-state index is 0.0345. The second-order valence-corrected chi connectivity index (χ2v) is 10.4. The molecule has 1 aliphatic heterocycles. The molecule has 2 aromatic carbocycles. The van der Waals surface area contributed by atoms with E-state index >= 15 is 0 Å². The third kappa shape index (κ3) is 6.00. The van der Waals surface area contributed by atoms with Gasteiger partial charge in [0.05, 0.1) is 35.5 Å². The van der Waals surface area contributed by atoms with E-state index in [1.54, 1.807) is 41.2 Å². The van der Waals surface area contributed by atoms with Crippen molar-refractivity contribution in [1.29, 1.82) is 0 Å². The van der Waals surface area contributed by atoms with Gasteiger partial charge < -0.3 is 20.3 Å². The van der Waals surface area contributed by atoms with Gasteiger partial charge in [0.1, 0.15) is 11.6 Å². The lowest BCUT2D eigenvalue weighted by atomic mass is 10.0. The van der Waals surface area contributed by atoms with Crippen LogP contribution in [-0.2, 0) is 6.18 Å². The highest BCUT2D eigenvalue weighted by Crippen LogP contribution is 2.36. The molecule has 1 fully saturated rings. The van der Waals surface area contributed by atoms with E-state index in [1.807, 2.05) is 24.4 Å². The molecule has 4 aromatic heterocycles. The van der Waals surface area contributed by atoms with Crippen LogP contribution in [0.1, 0.15) is 12.0 Å². The standard InChI is InChI=1S/C32H24F3N9O2/c33-32(34,35)22-6-9-25(21-3-1-11-36-16-21)27(15-22)41-30(45)40-23-17-37-31(38-18-23)46-24-7-4-20(5-8-24)26-19-39-44-14-10-28(42-29(26)44)43-12-2-13-43/h1,3-11,14-19H,2,12-13H2,(H2,40,41,45). The van der Waals surface area contributed by atoms with Gasteiger partial charge in [-0.15, -0.1) is 0 Å². The fraction of sp³-hybridized carbons (Fsp3) is 0.125. The molecular weight excluding hydrogens is 599 g/mol. The molecule has 2 amide bonds. The number of alkyl halides is 3. The number of nitrogens with zero attached hydrogens (tertiary/aromatic N) is 7. The fourth-order valence-electron chi connectivity index (χ4n) is 4.91. The molecule has 230 valence electrons. The Morgan fingerprint density at radius 2 is 1.67 bits per heavy atom. The van der Waals surface area contributed by atoms with Gasteiger partial charge in [-0.2, -0.15) is 18.3 Å². The quantitative estimate of drug-likeness (QED) is 0.197. The number of hydrogen-bond acceptors (Lipinski definition) is 8. The zero-order valence-corrected chi connectivity index (χ0v) is 23.9. The van der Waals surface area contributed by atoms with Gasteiger partial charge >= 0.3 is 18.2 Å². The largest absolute Gasteiger partial charge is 0.424 e. The summed E-state index contributed by atoms with van der Waals surface area (Å²) >= 11 is 0. The molecule has 1 aliphatic rings. The van der Waals surface area contributed by atoms with Crippen molar-refractivity contribution in [3.8, 4) is 34.0 Å². The lowest BCUT2D eigenvalue weighted by molar-refractivity contribution is -0.137. The predicted molar refractivity (Wildman–Crippen MR) is 165 cm³/mol. The normalized spacial score (nSPS) is 12.9. The number of hydrogen-bond donors (Lipinski definition) is 2. The first kappa shape index (κ1) is 28.7.